The Morgan fingerprint density at radius 3 is 2.79 bits per heavy atom. The number of nitrogens with one attached hydrogen (secondary N) is 1. The molecule has 3 atom stereocenters. The third-order valence-electron chi connectivity index (χ3n) is 7.36. The van der Waals surface area contributed by atoms with E-state index in [-0.39, 0.29) is 11.3 Å². The molecule has 174 valence electrons. The topological polar surface area (TPSA) is 111 Å². The van der Waals surface area contributed by atoms with Crippen LogP contribution in [0.5, 0.6) is 5.75 Å². The third kappa shape index (κ3) is 4.01. The molecule has 0 spiro atoms. The molecule has 0 radical (unpaired) electrons. The van der Waals surface area contributed by atoms with E-state index in [1.54, 1.807) is 12.1 Å². The van der Waals surface area contributed by atoms with Gasteiger partial charge in [0.25, 0.3) is 0 Å². The number of anilines is 1. The van der Waals surface area contributed by atoms with Gasteiger partial charge in [-0.15, -0.1) is 21.5 Å². The smallest absolute Gasteiger partial charge is 0.194 e. The fraction of sp³-hybridized carbons (Fsp3) is 0.480. The van der Waals surface area contributed by atoms with E-state index < -0.39 is 0 Å². The Labute approximate surface area is 202 Å². The van der Waals surface area contributed by atoms with Crippen molar-refractivity contribution < 1.29 is 5.11 Å². The number of fused-ring (bicyclic) bond motifs is 2. The summed E-state index contributed by atoms with van der Waals surface area (Å²) in [5.41, 5.74) is 2.14. The first kappa shape index (κ1) is 21.4. The third-order valence-corrected chi connectivity index (χ3v) is 8.11. The normalized spacial score (nSPS) is 26.1. The molecule has 0 amide bonds. The maximum atomic E-state index is 10.7. The van der Waals surface area contributed by atoms with Crippen molar-refractivity contribution in [3.05, 3.63) is 34.8 Å². The van der Waals surface area contributed by atoms with Gasteiger partial charge in [0.1, 0.15) is 11.8 Å². The van der Waals surface area contributed by atoms with Crippen LogP contribution in [0.2, 0.25) is 0 Å². The molecule has 4 heterocycles. The molecule has 9 heteroatoms. The number of thiazole rings is 1. The molecular formula is C25H27N7OS. The minimum absolute atomic E-state index is 0.0664. The Kier molecular flexibility index (Phi) is 5.23. The van der Waals surface area contributed by atoms with Gasteiger partial charge < -0.3 is 15.3 Å². The molecule has 2 N–H and O–H groups in total. The van der Waals surface area contributed by atoms with Crippen molar-refractivity contribution in [1.82, 2.24) is 25.5 Å². The second kappa shape index (κ2) is 8.29. The Morgan fingerprint density at radius 2 is 2.12 bits per heavy atom. The van der Waals surface area contributed by atoms with E-state index in [0.717, 1.165) is 24.2 Å². The molecule has 2 bridgehead atoms. The summed E-state index contributed by atoms with van der Waals surface area (Å²) >= 11 is 1.28. The second-order valence-electron chi connectivity index (χ2n) is 10.0. The number of phenols is 1. The molecule has 2 saturated heterocycles. The van der Waals surface area contributed by atoms with Gasteiger partial charge in [-0.05, 0) is 57.6 Å². The number of rotatable bonds is 5. The highest BCUT2D eigenvalue weighted by Gasteiger charge is 2.45. The summed E-state index contributed by atoms with van der Waals surface area (Å²) in [6.45, 7) is 2.36. The fourth-order valence-corrected chi connectivity index (χ4v) is 6.35. The summed E-state index contributed by atoms with van der Waals surface area (Å²) in [5.74, 6) is 1.30. The zero-order valence-corrected chi connectivity index (χ0v) is 19.9. The van der Waals surface area contributed by atoms with Gasteiger partial charge >= 0.3 is 0 Å². The van der Waals surface area contributed by atoms with Crippen molar-refractivity contribution in [3.63, 3.8) is 0 Å². The summed E-state index contributed by atoms with van der Waals surface area (Å²) in [5, 5.41) is 34.7. The number of nitrogens with zero attached hydrogens (tertiary/aromatic N) is 6. The number of hydrogen-bond donors (Lipinski definition) is 2. The van der Waals surface area contributed by atoms with E-state index in [0.29, 0.717) is 40.2 Å². The summed E-state index contributed by atoms with van der Waals surface area (Å²) in [7, 11) is 0. The van der Waals surface area contributed by atoms with E-state index in [2.05, 4.69) is 37.3 Å². The lowest BCUT2D eigenvalue weighted by Gasteiger charge is -2.50. The zero-order valence-electron chi connectivity index (χ0n) is 19.1. The number of benzene rings is 1. The van der Waals surface area contributed by atoms with Crippen LogP contribution in [-0.4, -0.2) is 48.9 Å². The minimum Gasteiger partial charge on any atom is -0.507 e. The van der Waals surface area contributed by atoms with Crippen molar-refractivity contribution in [2.75, 3.05) is 4.90 Å². The van der Waals surface area contributed by atoms with Crippen LogP contribution in [0.1, 0.15) is 56.9 Å². The molecular weight excluding hydrogens is 446 g/mol. The van der Waals surface area contributed by atoms with Crippen molar-refractivity contribution in [2.45, 2.75) is 75.5 Å². The molecule has 1 aliphatic carbocycles. The van der Waals surface area contributed by atoms with E-state index in [1.807, 2.05) is 23.7 Å². The predicted octanol–water partition coefficient (Wildman–Crippen LogP) is 4.27. The molecule has 34 heavy (non-hydrogen) atoms. The first-order valence-electron chi connectivity index (χ1n) is 12.0. The van der Waals surface area contributed by atoms with E-state index in [9.17, 15) is 5.11 Å². The number of piperidine rings is 2. The molecule has 3 aliphatic rings. The van der Waals surface area contributed by atoms with Gasteiger partial charge in [0, 0.05) is 34.6 Å². The minimum atomic E-state index is 0.0664. The molecule has 1 saturated carbocycles. The molecule has 2 aliphatic heterocycles. The van der Waals surface area contributed by atoms with Crippen LogP contribution >= 0.6 is 11.3 Å². The van der Waals surface area contributed by atoms with Crippen molar-refractivity contribution in [2.24, 2.45) is 0 Å². The van der Waals surface area contributed by atoms with Gasteiger partial charge in [0.15, 0.2) is 16.6 Å². The number of aromatic nitrogens is 4. The van der Waals surface area contributed by atoms with Crippen molar-refractivity contribution in [3.8, 4) is 34.5 Å². The van der Waals surface area contributed by atoms with Crippen molar-refractivity contribution in [1.29, 1.82) is 5.26 Å². The van der Waals surface area contributed by atoms with E-state index in [1.165, 1.54) is 43.4 Å². The van der Waals surface area contributed by atoms with Gasteiger partial charge in [-0.3, -0.25) is 0 Å². The van der Waals surface area contributed by atoms with Gasteiger partial charge in [0.2, 0.25) is 0 Å². The molecule has 2 aromatic heterocycles. The molecule has 3 aromatic rings. The van der Waals surface area contributed by atoms with Gasteiger partial charge in [0.05, 0.1) is 17.5 Å². The predicted molar refractivity (Wildman–Crippen MR) is 130 cm³/mol. The summed E-state index contributed by atoms with van der Waals surface area (Å²) in [4.78, 5) is 11.3. The van der Waals surface area contributed by atoms with Crippen LogP contribution < -0.4 is 10.2 Å². The monoisotopic (exact) mass is 473 g/mol. The average Bonchev–Trinajstić information content (AvgIpc) is 3.53. The molecule has 3 fully saturated rings. The number of phenolic OH excluding ortho intramolecular Hbond substituents is 1. The lowest BCUT2D eigenvalue weighted by atomic mass is 9.75. The van der Waals surface area contributed by atoms with E-state index >= 15 is 0 Å². The SMILES string of the molecule is C[C@@]12CCC[C@@H](C[C@H](N(c3cnc(-c4ccc(-c5csc(C#N)n5)cc4O)nn3)C3CC3)C1)N2. The van der Waals surface area contributed by atoms with Crippen LogP contribution in [0.3, 0.4) is 0 Å². The number of aromatic hydroxyl groups is 1. The van der Waals surface area contributed by atoms with Gasteiger partial charge in [-0.1, -0.05) is 12.5 Å². The summed E-state index contributed by atoms with van der Waals surface area (Å²) < 4.78 is 0. The Morgan fingerprint density at radius 1 is 1.24 bits per heavy atom. The zero-order chi connectivity index (χ0) is 23.3. The lowest BCUT2D eigenvalue weighted by molar-refractivity contribution is 0.138. The first-order chi connectivity index (χ1) is 16.5. The van der Waals surface area contributed by atoms with E-state index in [4.69, 9.17) is 5.26 Å². The first-order valence-corrected chi connectivity index (χ1v) is 12.8. The highest BCUT2D eigenvalue weighted by molar-refractivity contribution is 7.10. The van der Waals surface area contributed by atoms with Crippen LogP contribution in [0.25, 0.3) is 22.6 Å². The van der Waals surface area contributed by atoms with Crippen LogP contribution in [0.15, 0.2) is 29.8 Å². The van der Waals surface area contributed by atoms with Crippen LogP contribution in [0, 0.1) is 11.3 Å². The summed E-state index contributed by atoms with van der Waals surface area (Å²) in [6.07, 6.45) is 10.3. The second-order valence-corrected chi connectivity index (χ2v) is 10.9. The van der Waals surface area contributed by atoms with Crippen LogP contribution in [0.4, 0.5) is 5.82 Å². The molecule has 6 rings (SSSR count). The Bertz CT molecular complexity index is 1250. The number of nitriles is 1. The number of hydrogen-bond acceptors (Lipinski definition) is 9. The van der Waals surface area contributed by atoms with Crippen LogP contribution in [-0.2, 0) is 0 Å². The van der Waals surface area contributed by atoms with Crippen molar-refractivity contribution >= 4 is 17.2 Å². The van der Waals surface area contributed by atoms with Gasteiger partial charge in [-0.25, -0.2) is 9.97 Å². The maximum absolute atomic E-state index is 10.7. The molecule has 8 nitrogen and oxygen atoms in total. The Balaban J connectivity index is 1.25. The Hall–Kier alpha value is -3.09. The maximum Gasteiger partial charge on any atom is 0.194 e. The average molecular weight is 474 g/mol. The highest BCUT2D eigenvalue weighted by atomic mass is 32.1. The fourth-order valence-electron chi connectivity index (χ4n) is 5.73. The quantitative estimate of drug-likeness (QED) is 0.565. The standard InChI is InChI=1S/C25H27N7OS/c1-25-8-2-3-16(29-25)10-18(11-25)32(17-5-6-17)22-13-27-24(31-30-22)19-7-4-15(9-21(19)33)20-14-34-23(12-26)28-20/h4,7,9,13-14,16-18,29,33H,2-3,5-6,8,10-11H2,1H3/t16-,18-,25+/m0/s1. The highest BCUT2D eigenvalue weighted by Crippen LogP contribution is 2.41. The molecule has 0 unspecified atom stereocenters. The lowest BCUT2D eigenvalue weighted by Crippen LogP contribution is -2.61. The van der Waals surface area contributed by atoms with Gasteiger partial charge in [-0.2, -0.15) is 5.26 Å². The largest absolute Gasteiger partial charge is 0.507 e. The summed E-state index contributed by atoms with van der Waals surface area (Å²) in [6, 6.07) is 8.87. The molecule has 1 aromatic carbocycles.